The summed E-state index contributed by atoms with van der Waals surface area (Å²) in [5, 5.41) is 8.53. The van der Waals surface area contributed by atoms with Crippen molar-refractivity contribution in [2.24, 2.45) is 0 Å². The molecule has 0 fully saturated rings. The van der Waals surface area contributed by atoms with E-state index in [1.807, 2.05) is 0 Å². The molecule has 0 aromatic heterocycles. The van der Waals surface area contributed by atoms with Crippen molar-refractivity contribution in [1.82, 2.24) is 9.62 Å². The van der Waals surface area contributed by atoms with Crippen molar-refractivity contribution in [3.05, 3.63) is 23.8 Å². The minimum absolute atomic E-state index is 0.105. The number of rotatable bonds is 7. The van der Waals surface area contributed by atoms with Crippen LogP contribution in [-0.4, -0.2) is 58.1 Å². The van der Waals surface area contributed by atoms with Crippen LogP contribution >= 0.6 is 0 Å². The van der Waals surface area contributed by atoms with Crippen molar-refractivity contribution in [3.63, 3.8) is 0 Å². The summed E-state index contributed by atoms with van der Waals surface area (Å²) in [4.78, 5) is 23.6. The number of carbonyl (C=O) groups is 2. The molecule has 2 N–H and O–H groups in total. The van der Waals surface area contributed by atoms with Gasteiger partial charge in [-0.05, 0) is 18.2 Å². The zero-order valence-electron chi connectivity index (χ0n) is 12.5. The molecular formula is C13H18N2O6S. The molecule has 0 heterocycles. The maximum absolute atomic E-state index is 12.1. The molecule has 0 spiro atoms. The van der Waals surface area contributed by atoms with Crippen LogP contribution in [0.3, 0.4) is 0 Å². The lowest BCUT2D eigenvalue weighted by Gasteiger charge is -2.15. The lowest BCUT2D eigenvalue weighted by atomic mass is 10.2. The van der Waals surface area contributed by atoms with Crippen molar-refractivity contribution in [2.75, 3.05) is 27.7 Å². The first-order valence-corrected chi connectivity index (χ1v) is 7.78. The Morgan fingerprint density at radius 2 is 1.95 bits per heavy atom. The molecule has 0 aliphatic heterocycles. The maximum atomic E-state index is 12.1. The van der Waals surface area contributed by atoms with Gasteiger partial charge in [0.1, 0.15) is 5.75 Å². The number of carbonyl (C=O) groups excluding carboxylic acids is 1. The standard InChI is InChI=1S/C13H18N2O6S/c1-15(2)13(18)10-8-9(4-5-11(10)21-3)22(19,20)14-7-6-12(16)17/h4-5,8,14H,6-7H2,1-3H3,(H,16,17). The van der Waals surface area contributed by atoms with E-state index in [4.69, 9.17) is 9.84 Å². The van der Waals surface area contributed by atoms with Crippen molar-refractivity contribution < 1.29 is 27.9 Å². The minimum Gasteiger partial charge on any atom is -0.496 e. The molecule has 1 amide bonds. The number of sulfonamides is 1. The molecule has 1 rings (SSSR count). The van der Waals surface area contributed by atoms with Crippen molar-refractivity contribution >= 4 is 21.9 Å². The fourth-order valence-corrected chi connectivity index (χ4v) is 2.70. The van der Waals surface area contributed by atoms with Crippen LogP contribution in [0.15, 0.2) is 23.1 Å². The zero-order valence-corrected chi connectivity index (χ0v) is 13.3. The Morgan fingerprint density at radius 1 is 1.32 bits per heavy atom. The van der Waals surface area contributed by atoms with Crippen LogP contribution in [-0.2, 0) is 14.8 Å². The average molecular weight is 330 g/mol. The fourth-order valence-electron chi connectivity index (χ4n) is 1.64. The number of ether oxygens (including phenoxy) is 1. The first kappa shape index (κ1) is 17.9. The second-order valence-corrected chi connectivity index (χ2v) is 6.37. The van der Waals surface area contributed by atoms with E-state index < -0.39 is 21.9 Å². The number of aliphatic carboxylic acids is 1. The highest BCUT2D eigenvalue weighted by Gasteiger charge is 2.20. The highest BCUT2D eigenvalue weighted by Crippen LogP contribution is 2.23. The van der Waals surface area contributed by atoms with Gasteiger partial charge in [0.2, 0.25) is 10.0 Å². The van der Waals surface area contributed by atoms with Gasteiger partial charge in [-0.3, -0.25) is 9.59 Å². The molecule has 0 saturated heterocycles. The van der Waals surface area contributed by atoms with Gasteiger partial charge in [-0.1, -0.05) is 0 Å². The quantitative estimate of drug-likeness (QED) is 0.736. The first-order valence-electron chi connectivity index (χ1n) is 6.30. The summed E-state index contributed by atoms with van der Waals surface area (Å²) in [6.07, 6.45) is -0.334. The molecule has 0 aliphatic carbocycles. The van der Waals surface area contributed by atoms with E-state index in [0.29, 0.717) is 0 Å². The summed E-state index contributed by atoms with van der Waals surface area (Å²) < 4.78 is 31.4. The van der Waals surface area contributed by atoms with Crippen LogP contribution < -0.4 is 9.46 Å². The van der Waals surface area contributed by atoms with Crippen LogP contribution in [0.1, 0.15) is 16.8 Å². The maximum Gasteiger partial charge on any atom is 0.304 e. The Hall–Kier alpha value is -2.13. The minimum atomic E-state index is -3.90. The fraction of sp³-hybridized carbons (Fsp3) is 0.385. The molecule has 122 valence electrons. The normalized spacial score (nSPS) is 11.0. The van der Waals surface area contributed by atoms with Gasteiger partial charge >= 0.3 is 5.97 Å². The predicted molar refractivity (Wildman–Crippen MR) is 78.5 cm³/mol. The molecule has 0 aliphatic rings. The third-order valence-corrected chi connectivity index (χ3v) is 4.21. The van der Waals surface area contributed by atoms with Crippen LogP contribution in [0.4, 0.5) is 0 Å². The van der Waals surface area contributed by atoms with Crippen molar-refractivity contribution in [1.29, 1.82) is 0 Å². The largest absolute Gasteiger partial charge is 0.496 e. The van der Waals surface area contributed by atoms with E-state index in [-0.39, 0.29) is 29.2 Å². The van der Waals surface area contributed by atoms with Crippen LogP contribution in [0, 0.1) is 0 Å². The summed E-state index contributed by atoms with van der Waals surface area (Å²) in [6.45, 7) is -0.235. The summed E-state index contributed by atoms with van der Waals surface area (Å²) in [5.41, 5.74) is 0.105. The number of amides is 1. The number of carboxylic acid groups (broad SMARTS) is 1. The number of methoxy groups -OCH3 is 1. The van der Waals surface area contributed by atoms with Crippen LogP contribution in [0.5, 0.6) is 5.75 Å². The van der Waals surface area contributed by atoms with Gasteiger partial charge in [0.05, 0.1) is 24.0 Å². The van der Waals surface area contributed by atoms with Gasteiger partial charge in [-0.15, -0.1) is 0 Å². The molecule has 9 heteroatoms. The second-order valence-electron chi connectivity index (χ2n) is 4.60. The second kappa shape index (κ2) is 7.23. The van der Waals surface area contributed by atoms with E-state index in [0.717, 1.165) is 0 Å². The average Bonchev–Trinajstić information content (AvgIpc) is 2.44. The van der Waals surface area contributed by atoms with Gasteiger partial charge in [0.15, 0.2) is 0 Å². The van der Waals surface area contributed by atoms with E-state index in [9.17, 15) is 18.0 Å². The molecule has 0 atom stereocenters. The first-order chi connectivity index (χ1) is 10.2. The number of benzene rings is 1. The summed E-state index contributed by atoms with van der Waals surface area (Å²) in [7, 11) is 0.545. The Balaban J connectivity index is 3.13. The topological polar surface area (TPSA) is 113 Å². The van der Waals surface area contributed by atoms with E-state index in [2.05, 4.69) is 4.72 Å². The van der Waals surface area contributed by atoms with E-state index >= 15 is 0 Å². The Labute approximate surface area is 128 Å². The van der Waals surface area contributed by atoms with Gasteiger partial charge in [0, 0.05) is 20.6 Å². The summed E-state index contributed by atoms with van der Waals surface area (Å²) >= 11 is 0. The lowest BCUT2D eigenvalue weighted by Crippen LogP contribution is -2.27. The van der Waals surface area contributed by atoms with Gasteiger partial charge in [-0.2, -0.15) is 0 Å². The number of nitrogens with one attached hydrogen (secondary N) is 1. The number of nitrogens with zero attached hydrogens (tertiary/aromatic N) is 1. The molecule has 1 aromatic rings. The van der Waals surface area contributed by atoms with E-state index in [1.165, 1.54) is 44.3 Å². The lowest BCUT2D eigenvalue weighted by molar-refractivity contribution is -0.136. The molecule has 22 heavy (non-hydrogen) atoms. The Morgan fingerprint density at radius 3 is 2.45 bits per heavy atom. The SMILES string of the molecule is COc1ccc(S(=O)(=O)NCCC(=O)O)cc1C(=O)N(C)C. The van der Waals surface area contributed by atoms with E-state index in [1.54, 1.807) is 0 Å². The highest BCUT2D eigenvalue weighted by molar-refractivity contribution is 7.89. The van der Waals surface area contributed by atoms with Crippen LogP contribution in [0.2, 0.25) is 0 Å². The van der Waals surface area contributed by atoms with Crippen molar-refractivity contribution in [3.8, 4) is 5.75 Å². The molecule has 0 bridgehead atoms. The van der Waals surface area contributed by atoms with Gasteiger partial charge < -0.3 is 14.7 Å². The third kappa shape index (κ3) is 4.43. The number of carboxylic acids is 1. The molecule has 8 nitrogen and oxygen atoms in total. The number of hydrogen-bond donors (Lipinski definition) is 2. The van der Waals surface area contributed by atoms with Gasteiger partial charge in [0.25, 0.3) is 5.91 Å². The molecule has 0 saturated carbocycles. The summed E-state index contributed by atoms with van der Waals surface area (Å²) in [6, 6.07) is 3.86. The molecule has 0 radical (unpaired) electrons. The molecule has 1 aromatic carbocycles. The molecule has 0 unspecified atom stereocenters. The highest BCUT2D eigenvalue weighted by atomic mass is 32.2. The Bertz CT molecular complexity index is 669. The van der Waals surface area contributed by atoms with Crippen molar-refractivity contribution in [2.45, 2.75) is 11.3 Å². The molecular weight excluding hydrogens is 312 g/mol. The monoisotopic (exact) mass is 330 g/mol. The Kier molecular flexibility index (Phi) is 5.89. The zero-order chi connectivity index (χ0) is 16.9. The van der Waals surface area contributed by atoms with Gasteiger partial charge in [-0.25, -0.2) is 13.1 Å². The number of hydrogen-bond acceptors (Lipinski definition) is 5. The smallest absolute Gasteiger partial charge is 0.304 e. The third-order valence-electron chi connectivity index (χ3n) is 2.75. The predicted octanol–water partition coefficient (Wildman–Crippen LogP) is 0.150. The van der Waals surface area contributed by atoms with Crippen LogP contribution in [0.25, 0.3) is 0 Å². The summed E-state index contributed by atoms with van der Waals surface area (Å²) in [5.74, 6) is -1.26.